The first kappa shape index (κ1) is 9.16. The molecule has 2 fully saturated rings. The Morgan fingerprint density at radius 1 is 1.27 bits per heavy atom. The van der Waals surface area contributed by atoms with Gasteiger partial charge in [-0.3, -0.25) is 4.98 Å². The molecule has 1 unspecified atom stereocenters. The minimum absolute atomic E-state index is 0.692. The van der Waals surface area contributed by atoms with Gasteiger partial charge in [0.1, 0.15) is 0 Å². The number of nitrogens with zero attached hydrogens (tertiary/aromatic N) is 2. The van der Waals surface area contributed by atoms with Crippen LogP contribution in [0.1, 0.15) is 19.3 Å². The van der Waals surface area contributed by atoms with Gasteiger partial charge in [0.2, 0.25) is 0 Å². The van der Waals surface area contributed by atoms with Crippen molar-refractivity contribution in [2.45, 2.75) is 31.3 Å². The van der Waals surface area contributed by atoms with Crippen LogP contribution in [0.2, 0.25) is 0 Å². The Bertz CT molecular complexity index is 321. The van der Waals surface area contributed by atoms with Crippen molar-refractivity contribution in [1.29, 1.82) is 0 Å². The summed E-state index contributed by atoms with van der Waals surface area (Å²) < 4.78 is 0. The van der Waals surface area contributed by atoms with Gasteiger partial charge in [0.25, 0.3) is 0 Å². The Morgan fingerprint density at radius 3 is 2.93 bits per heavy atom. The van der Waals surface area contributed by atoms with E-state index in [1.807, 2.05) is 18.5 Å². The minimum Gasteiger partial charge on any atom is -0.369 e. The molecule has 1 aromatic heterocycles. The summed E-state index contributed by atoms with van der Waals surface area (Å²) in [5.74, 6) is 0. The second-order valence-corrected chi connectivity index (χ2v) is 4.58. The third-order valence-electron chi connectivity index (χ3n) is 3.25. The first-order chi connectivity index (χ1) is 7.42. The summed E-state index contributed by atoms with van der Waals surface area (Å²) in [7, 11) is 0. The number of pyridine rings is 1. The highest BCUT2D eigenvalue weighted by Gasteiger charge is 2.29. The zero-order chi connectivity index (χ0) is 10.1. The lowest BCUT2D eigenvalue weighted by atomic mass is 10.2. The second-order valence-electron chi connectivity index (χ2n) is 4.58. The van der Waals surface area contributed by atoms with Gasteiger partial charge in [-0.1, -0.05) is 0 Å². The molecule has 15 heavy (non-hydrogen) atoms. The lowest BCUT2D eigenvalue weighted by Crippen LogP contribution is -2.33. The predicted molar refractivity (Wildman–Crippen MR) is 61.0 cm³/mol. The highest BCUT2D eigenvalue weighted by molar-refractivity contribution is 5.45. The maximum absolute atomic E-state index is 4.17. The van der Waals surface area contributed by atoms with E-state index in [0.29, 0.717) is 6.04 Å². The average molecular weight is 203 g/mol. The molecule has 1 aliphatic heterocycles. The topological polar surface area (TPSA) is 28.2 Å². The van der Waals surface area contributed by atoms with E-state index in [4.69, 9.17) is 0 Å². The summed E-state index contributed by atoms with van der Waals surface area (Å²) in [5, 5.41) is 3.69. The molecule has 3 rings (SSSR count). The standard InChI is InChI=1S/C12H17N3/c1-2-12(8-13-6-1)15-7-5-11(9-15)14-10-3-4-10/h1-2,6,8,10-11,14H,3-5,7,9H2. The maximum Gasteiger partial charge on any atom is 0.0553 e. The molecule has 1 atom stereocenters. The molecule has 1 saturated carbocycles. The van der Waals surface area contributed by atoms with Gasteiger partial charge in [-0.25, -0.2) is 0 Å². The first-order valence-electron chi connectivity index (χ1n) is 5.83. The van der Waals surface area contributed by atoms with Crippen LogP contribution in [0.3, 0.4) is 0 Å². The fraction of sp³-hybridized carbons (Fsp3) is 0.583. The quantitative estimate of drug-likeness (QED) is 0.805. The smallest absolute Gasteiger partial charge is 0.0553 e. The van der Waals surface area contributed by atoms with Crippen molar-refractivity contribution in [3.8, 4) is 0 Å². The number of rotatable bonds is 3. The molecule has 2 aliphatic rings. The van der Waals surface area contributed by atoms with Crippen molar-refractivity contribution in [2.75, 3.05) is 18.0 Å². The van der Waals surface area contributed by atoms with E-state index in [9.17, 15) is 0 Å². The van der Waals surface area contributed by atoms with Crippen LogP contribution >= 0.6 is 0 Å². The van der Waals surface area contributed by atoms with Gasteiger partial charge in [0.15, 0.2) is 0 Å². The number of hydrogen-bond donors (Lipinski definition) is 1. The Morgan fingerprint density at radius 2 is 2.20 bits per heavy atom. The summed E-state index contributed by atoms with van der Waals surface area (Å²) in [6.07, 6.45) is 7.82. The van der Waals surface area contributed by atoms with Gasteiger partial charge < -0.3 is 10.2 Å². The molecular formula is C12H17N3. The summed E-state index contributed by atoms with van der Waals surface area (Å²) >= 11 is 0. The van der Waals surface area contributed by atoms with E-state index in [-0.39, 0.29) is 0 Å². The van der Waals surface area contributed by atoms with Crippen LogP contribution in [0.4, 0.5) is 5.69 Å². The van der Waals surface area contributed by atoms with Crippen LogP contribution in [0, 0.1) is 0 Å². The largest absolute Gasteiger partial charge is 0.369 e. The van der Waals surface area contributed by atoms with Crippen molar-refractivity contribution in [3.05, 3.63) is 24.5 Å². The van der Waals surface area contributed by atoms with Crippen LogP contribution in [0.15, 0.2) is 24.5 Å². The van der Waals surface area contributed by atoms with Gasteiger partial charge in [-0.2, -0.15) is 0 Å². The van der Waals surface area contributed by atoms with Crippen LogP contribution < -0.4 is 10.2 Å². The Kier molecular flexibility index (Phi) is 2.33. The van der Waals surface area contributed by atoms with E-state index in [1.54, 1.807) is 0 Å². The summed E-state index contributed by atoms with van der Waals surface area (Å²) in [4.78, 5) is 6.59. The van der Waals surface area contributed by atoms with Gasteiger partial charge >= 0.3 is 0 Å². The van der Waals surface area contributed by atoms with Gasteiger partial charge in [-0.15, -0.1) is 0 Å². The number of hydrogen-bond acceptors (Lipinski definition) is 3. The average Bonchev–Trinajstić information content (AvgIpc) is 2.96. The Balaban J connectivity index is 1.60. The molecule has 0 spiro atoms. The van der Waals surface area contributed by atoms with Gasteiger partial charge in [-0.05, 0) is 31.4 Å². The summed E-state index contributed by atoms with van der Waals surface area (Å²) in [6.45, 7) is 2.30. The van der Waals surface area contributed by atoms with Crippen LogP contribution in [-0.2, 0) is 0 Å². The highest BCUT2D eigenvalue weighted by Crippen LogP contribution is 2.24. The SMILES string of the molecule is c1cncc(N2CCC(NC3CC3)C2)c1. The van der Waals surface area contributed by atoms with Crippen molar-refractivity contribution >= 4 is 5.69 Å². The van der Waals surface area contributed by atoms with E-state index in [1.165, 1.54) is 24.9 Å². The van der Waals surface area contributed by atoms with E-state index in [2.05, 4.69) is 21.3 Å². The maximum atomic E-state index is 4.17. The highest BCUT2D eigenvalue weighted by atomic mass is 15.2. The van der Waals surface area contributed by atoms with Gasteiger partial charge in [0, 0.05) is 31.4 Å². The molecule has 0 aromatic carbocycles. The molecule has 1 N–H and O–H groups in total. The Hall–Kier alpha value is -1.09. The lowest BCUT2D eigenvalue weighted by molar-refractivity contribution is 0.548. The number of nitrogens with one attached hydrogen (secondary N) is 1. The fourth-order valence-corrected chi connectivity index (χ4v) is 2.25. The molecule has 1 aromatic rings. The monoisotopic (exact) mass is 203 g/mol. The van der Waals surface area contributed by atoms with Crippen molar-refractivity contribution in [2.24, 2.45) is 0 Å². The molecule has 0 amide bonds. The second kappa shape index (κ2) is 3.81. The molecule has 3 heteroatoms. The number of anilines is 1. The zero-order valence-corrected chi connectivity index (χ0v) is 8.89. The third-order valence-corrected chi connectivity index (χ3v) is 3.25. The molecule has 0 radical (unpaired) electrons. The first-order valence-corrected chi connectivity index (χ1v) is 5.83. The van der Waals surface area contributed by atoms with Gasteiger partial charge in [0.05, 0.1) is 11.9 Å². The van der Waals surface area contributed by atoms with Crippen LogP contribution in [0.5, 0.6) is 0 Å². The van der Waals surface area contributed by atoms with Crippen LogP contribution in [0.25, 0.3) is 0 Å². The zero-order valence-electron chi connectivity index (χ0n) is 8.89. The lowest BCUT2D eigenvalue weighted by Gasteiger charge is -2.18. The van der Waals surface area contributed by atoms with E-state index in [0.717, 1.165) is 19.1 Å². The molecule has 1 aliphatic carbocycles. The normalized spacial score (nSPS) is 25.9. The predicted octanol–water partition coefficient (Wildman–Crippen LogP) is 1.41. The number of aromatic nitrogens is 1. The van der Waals surface area contributed by atoms with Crippen LogP contribution in [-0.4, -0.2) is 30.2 Å². The molecule has 80 valence electrons. The molecule has 1 saturated heterocycles. The Labute approximate surface area is 90.5 Å². The summed E-state index contributed by atoms with van der Waals surface area (Å²) in [5.41, 5.74) is 1.26. The molecule has 2 heterocycles. The van der Waals surface area contributed by atoms with Crippen molar-refractivity contribution in [1.82, 2.24) is 10.3 Å². The van der Waals surface area contributed by atoms with Crippen molar-refractivity contribution in [3.63, 3.8) is 0 Å². The summed E-state index contributed by atoms with van der Waals surface area (Å²) in [6, 6.07) is 5.67. The fourth-order valence-electron chi connectivity index (χ4n) is 2.25. The molecule has 3 nitrogen and oxygen atoms in total. The third kappa shape index (κ3) is 2.12. The molecule has 0 bridgehead atoms. The van der Waals surface area contributed by atoms with Crippen molar-refractivity contribution < 1.29 is 0 Å². The van der Waals surface area contributed by atoms with E-state index < -0.39 is 0 Å². The minimum atomic E-state index is 0.692. The molecular weight excluding hydrogens is 186 g/mol. The van der Waals surface area contributed by atoms with E-state index >= 15 is 0 Å².